The molecule has 0 radical (unpaired) electrons. The van der Waals surface area contributed by atoms with E-state index >= 15 is 0 Å². The molecule has 1 aliphatic heterocycles. The van der Waals surface area contributed by atoms with E-state index in [4.69, 9.17) is 9.47 Å². The summed E-state index contributed by atoms with van der Waals surface area (Å²) in [5, 5.41) is 13.6. The summed E-state index contributed by atoms with van der Waals surface area (Å²) < 4.78 is 11.5. The average molecular weight is 468 g/mol. The van der Waals surface area contributed by atoms with E-state index in [0.29, 0.717) is 28.4 Å². The number of ether oxygens (including phenoxy) is 2. The van der Waals surface area contributed by atoms with Crippen LogP contribution >= 0.6 is 11.8 Å². The van der Waals surface area contributed by atoms with E-state index in [2.05, 4.69) is 16.9 Å². The highest BCUT2D eigenvalue weighted by atomic mass is 32.2. The average Bonchev–Trinajstić information content (AvgIpc) is 3.10. The number of nitro groups is 1. The van der Waals surface area contributed by atoms with Crippen molar-refractivity contribution < 1.29 is 24.0 Å². The van der Waals surface area contributed by atoms with Crippen molar-refractivity contribution in [1.82, 2.24) is 5.32 Å². The molecule has 0 spiro atoms. The zero-order chi connectivity index (χ0) is 24.0. The number of carbonyl (C=O) groups excluding carboxylic acids is 2. The molecule has 0 aromatic heterocycles. The van der Waals surface area contributed by atoms with Crippen LogP contribution in [0, 0.1) is 10.1 Å². The fraction of sp³-hybridized carbons (Fsp3) is 0.174. The molecule has 0 aliphatic carbocycles. The van der Waals surface area contributed by atoms with Crippen LogP contribution < -0.4 is 14.8 Å². The molecule has 0 fully saturated rings. The molecule has 0 saturated carbocycles. The second-order valence-electron chi connectivity index (χ2n) is 6.93. The van der Waals surface area contributed by atoms with Crippen LogP contribution in [0.15, 0.2) is 59.0 Å². The molecule has 1 aliphatic rings. The molecule has 2 aromatic carbocycles. The predicted octanol–water partition coefficient (Wildman–Crippen LogP) is 4.02. The molecule has 2 amide bonds. The van der Waals surface area contributed by atoms with Crippen LogP contribution in [0.1, 0.15) is 23.6 Å². The summed E-state index contributed by atoms with van der Waals surface area (Å²) >= 11 is 1.08. The van der Waals surface area contributed by atoms with E-state index in [1.54, 1.807) is 30.4 Å². The maximum Gasteiger partial charge on any atom is 0.286 e. The van der Waals surface area contributed by atoms with Gasteiger partial charge in [-0.25, -0.2) is 0 Å². The lowest BCUT2D eigenvalue weighted by Crippen LogP contribution is -2.23. The number of nitro benzene ring substituents is 1. The molecule has 0 bridgehead atoms. The quantitative estimate of drug-likeness (QED) is 0.269. The van der Waals surface area contributed by atoms with E-state index in [-0.39, 0.29) is 23.4 Å². The molecular formula is C23H21N3O6S. The van der Waals surface area contributed by atoms with Crippen molar-refractivity contribution >= 4 is 40.5 Å². The van der Waals surface area contributed by atoms with Crippen LogP contribution in [0.5, 0.6) is 11.5 Å². The number of thioether (sulfide) groups is 1. The number of nitrogens with one attached hydrogen (secondary N) is 1. The highest BCUT2D eigenvalue weighted by Crippen LogP contribution is 2.36. The van der Waals surface area contributed by atoms with Crippen LogP contribution in [0.3, 0.4) is 0 Å². The summed E-state index contributed by atoms with van der Waals surface area (Å²) in [6, 6.07) is 9.69. The van der Waals surface area contributed by atoms with Crippen molar-refractivity contribution in [3.8, 4) is 11.5 Å². The Kier molecular flexibility index (Phi) is 7.62. The van der Waals surface area contributed by atoms with Crippen LogP contribution in [0.4, 0.5) is 5.69 Å². The number of hydrogen-bond acceptors (Lipinski definition) is 7. The van der Waals surface area contributed by atoms with Gasteiger partial charge in [0.2, 0.25) is 5.91 Å². The summed E-state index contributed by atoms with van der Waals surface area (Å²) in [5.74, 6) is 0.228. The number of amidine groups is 1. The Morgan fingerprint density at radius 2 is 2.03 bits per heavy atom. The minimum atomic E-state index is -0.458. The van der Waals surface area contributed by atoms with Crippen molar-refractivity contribution in [2.75, 3.05) is 7.11 Å². The maximum atomic E-state index is 12.2. The van der Waals surface area contributed by atoms with Gasteiger partial charge in [0.15, 0.2) is 16.7 Å². The second-order valence-corrected chi connectivity index (χ2v) is 7.96. The van der Waals surface area contributed by atoms with Crippen LogP contribution in [0.2, 0.25) is 0 Å². The van der Waals surface area contributed by atoms with Gasteiger partial charge < -0.3 is 14.8 Å². The molecule has 33 heavy (non-hydrogen) atoms. The van der Waals surface area contributed by atoms with Crippen molar-refractivity contribution in [3.05, 3.63) is 80.8 Å². The Labute approximate surface area is 194 Å². The highest BCUT2D eigenvalue weighted by Gasteiger charge is 2.23. The lowest BCUT2D eigenvalue weighted by molar-refractivity contribution is -0.384. The Morgan fingerprint density at radius 3 is 2.64 bits per heavy atom. The molecule has 170 valence electrons. The molecule has 2 aromatic rings. The molecule has 1 heterocycles. The molecule has 9 nitrogen and oxygen atoms in total. The molecular weight excluding hydrogens is 446 g/mol. The second kappa shape index (κ2) is 10.6. The van der Waals surface area contributed by atoms with Gasteiger partial charge in [-0.1, -0.05) is 6.08 Å². The van der Waals surface area contributed by atoms with Crippen molar-refractivity contribution in [2.24, 2.45) is 4.99 Å². The van der Waals surface area contributed by atoms with E-state index in [0.717, 1.165) is 22.9 Å². The molecule has 3 rings (SSSR count). The molecule has 1 N–H and O–H groups in total. The number of benzene rings is 2. The zero-order valence-corrected chi connectivity index (χ0v) is 18.8. The van der Waals surface area contributed by atoms with Crippen molar-refractivity contribution in [3.63, 3.8) is 0 Å². The number of non-ortho nitro benzene ring substituents is 1. The van der Waals surface area contributed by atoms with E-state index in [1.807, 2.05) is 6.07 Å². The number of allylic oxidation sites excluding steroid dienone is 1. The Balaban J connectivity index is 1.85. The first kappa shape index (κ1) is 23.7. The van der Waals surface area contributed by atoms with Crippen molar-refractivity contribution in [1.29, 1.82) is 0 Å². The largest absolute Gasteiger partial charge is 0.493 e. The molecule has 10 heteroatoms. The predicted molar refractivity (Wildman–Crippen MR) is 126 cm³/mol. The fourth-order valence-corrected chi connectivity index (χ4v) is 3.88. The van der Waals surface area contributed by atoms with Gasteiger partial charge in [-0.3, -0.25) is 19.7 Å². The van der Waals surface area contributed by atoms with E-state index < -0.39 is 10.8 Å². The van der Waals surface area contributed by atoms with Gasteiger partial charge in [-0.2, -0.15) is 4.99 Å². The van der Waals surface area contributed by atoms with Crippen molar-refractivity contribution in [2.45, 2.75) is 20.0 Å². The SMILES string of the molecule is C=CCc1cc(/C=C2/SC(NC(C)=O)=NC2=O)cc(OC)c1OCc1ccc([N+](=O)[O-])cc1. The third kappa shape index (κ3) is 6.07. The Morgan fingerprint density at radius 1 is 1.30 bits per heavy atom. The summed E-state index contributed by atoms with van der Waals surface area (Å²) in [4.78, 5) is 38.0. The molecule has 0 atom stereocenters. The maximum absolute atomic E-state index is 12.2. The smallest absolute Gasteiger partial charge is 0.286 e. The minimum absolute atomic E-state index is 0.00559. The monoisotopic (exact) mass is 467 g/mol. The van der Waals surface area contributed by atoms with E-state index in [9.17, 15) is 19.7 Å². The minimum Gasteiger partial charge on any atom is -0.493 e. The number of rotatable bonds is 8. The number of aliphatic imine (C=N–C) groups is 1. The Bertz CT molecular complexity index is 1170. The number of methoxy groups -OCH3 is 1. The molecule has 0 unspecified atom stereocenters. The van der Waals surface area contributed by atoms with Crippen LogP contribution in [0.25, 0.3) is 6.08 Å². The topological polar surface area (TPSA) is 120 Å². The first-order valence-corrected chi connectivity index (χ1v) is 10.6. The number of hydrogen-bond donors (Lipinski definition) is 1. The first-order chi connectivity index (χ1) is 15.8. The van der Waals surface area contributed by atoms with Gasteiger partial charge in [0.1, 0.15) is 6.61 Å². The fourth-order valence-electron chi connectivity index (χ4n) is 3.02. The molecule has 0 saturated heterocycles. The highest BCUT2D eigenvalue weighted by molar-refractivity contribution is 8.18. The van der Waals surface area contributed by atoms with Crippen LogP contribution in [-0.2, 0) is 22.6 Å². The zero-order valence-electron chi connectivity index (χ0n) is 18.0. The van der Waals surface area contributed by atoms with Gasteiger partial charge >= 0.3 is 0 Å². The Hall–Kier alpha value is -3.92. The number of amides is 2. The van der Waals surface area contributed by atoms with Gasteiger partial charge in [-0.05, 0) is 59.7 Å². The third-order valence-corrected chi connectivity index (χ3v) is 5.37. The number of nitrogens with zero attached hydrogens (tertiary/aromatic N) is 2. The summed E-state index contributed by atoms with van der Waals surface area (Å²) in [6.07, 6.45) is 3.87. The summed E-state index contributed by atoms with van der Waals surface area (Å²) in [7, 11) is 1.51. The lowest BCUT2D eigenvalue weighted by atomic mass is 10.0. The number of carbonyl (C=O) groups is 2. The van der Waals surface area contributed by atoms with Gasteiger partial charge in [-0.15, -0.1) is 6.58 Å². The first-order valence-electron chi connectivity index (χ1n) is 9.78. The lowest BCUT2D eigenvalue weighted by Gasteiger charge is -2.16. The van der Waals surface area contributed by atoms with Gasteiger partial charge in [0.05, 0.1) is 16.9 Å². The van der Waals surface area contributed by atoms with Gasteiger partial charge in [0, 0.05) is 24.6 Å². The summed E-state index contributed by atoms with van der Waals surface area (Å²) in [5.41, 5.74) is 2.25. The normalized spacial score (nSPS) is 14.1. The van der Waals surface area contributed by atoms with Gasteiger partial charge in [0.25, 0.3) is 11.6 Å². The third-order valence-electron chi connectivity index (χ3n) is 4.47. The van der Waals surface area contributed by atoms with E-state index in [1.165, 1.54) is 26.2 Å². The summed E-state index contributed by atoms with van der Waals surface area (Å²) in [6.45, 7) is 5.31. The standard InChI is InChI=1S/C23H21N3O6S/c1-4-5-17-10-16(12-20-22(28)25-23(33-20)24-14(2)27)11-19(31-3)21(17)32-13-15-6-8-18(9-7-15)26(29)30/h4,6-12H,1,5,13H2,2-3H3,(H,24,25,27,28)/b20-12+. The van der Waals surface area contributed by atoms with Crippen LogP contribution in [-0.4, -0.2) is 29.0 Å².